The molecular formula is C32H34N2O5. The Hall–Kier alpha value is -4.13. The summed E-state index contributed by atoms with van der Waals surface area (Å²) >= 11 is 0. The zero-order valence-electron chi connectivity index (χ0n) is 21.9. The van der Waals surface area contributed by atoms with Gasteiger partial charge in [-0.2, -0.15) is 0 Å². The third kappa shape index (κ3) is 6.30. The molecule has 39 heavy (non-hydrogen) atoms. The number of carboxylic acids is 1. The molecule has 3 aromatic rings. The second-order valence-corrected chi connectivity index (χ2v) is 10.4. The minimum absolute atomic E-state index is 0.00937. The third-order valence-electron chi connectivity index (χ3n) is 7.91. The van der Waals surface area contributed by atoms with Gasteiger partial charge in [0.15, 0.2) is 0 Å². The predicted octanol–water partition coefficient (Wildman–Crippen LogP) is 5.59. The van der Waals surface area contributed by atoms with E-state index in [1.807, 2.05) is 54.6 Å². The summed E-state index contributed by atoms with van der Waals surface area (Å²) in [6.07, 6.45) is 2.23. The average molecular weight is 527 g/mol. The van der Waals surface area contributed by atoms with Gasteiger partial charge in [0.1, 0.15) is 6.61 Å². The number of carbonyl (C=O) groups is 3. The highest BCUT2D eigenvalue weighted by molar-refractivity contribution is 5.79. The number of nitrogens with one attached hydrogen (secondary N) is 1. The van der Waals surface area contributed by atoms with E-state index in [1.54, 1.807) is 4.90 Å². The van der Waals surface area contributed by atoms with Crippen molar-refractivity contribution in [1.82, 2.24) is 10.2 Å². The van der Waals surface area contributed by atoms with Crippen molar-refractivity contribution in [2.24, 2.45) is 5.92 Å². The molecule has 0 heterocycles. The number of carboxylic acid groups (broad SMARTS) is 1. The number of hydrogen-bond acceptors (Lipinski definition) is 4. The molecule has 0 saturated heterocycles. The van der Waals surface area contributed by atoms with Crippen LogP contribution in [0.2, 0.25) is 0 Å². The first-order chi connectivity index (χ1) is 19.0. The van der Waals surface area contributed by atoms with Crippen LogP contribution in [0.3, 0.4) is 0 Å². The van der Waals surface area contributed by atoms with Gasteiger partial charge in [0.2, 0.25) is 5.91 Å². The number of alkyl carbamates (subject to hydrolysis) is 1. The molecule has 2 aliphatic rings. The molecule has 7 nitrogen and oxygen atoms in total. The molecule has 2 unspecified atom stereocenters. The molecule has 0 spiro atoms. The summed E-state index contributed by atoms with van der Waals surface area (Å²) in [5.74, 6) is -1.05. The molecule has 0 aliphatic heterocycles. The lowest BCUT2D eigenvalue weighted by Gasteiger charge is -2.26. The normalized spacial score (nSPS) is 17.7. The van der Waals surface area contributed by atoms with E-state index in [1.165, 1.54) is 11.1 Å². The molecule has 7 heteroatoms. The first-order valence-corrected chi connectivity index (χ1v) is 13.6. The Kier molecular flexibility index (Phi) is 8.25. The number of benzene rings is 3. The molecule has 2 N–H and O–H groups in total. The summed E-state index contributed by atoms with van der Waals surface area (Å²) in [4.78, 5) is 38.9. The zero-order chi connectivity index (χ0) is 27.2. The van der Waals surface area contributed by atoms with E-state index in [9.17, 15) is 19.5 Å². The van der Waals surface area contributed by atoms with Crippen molar-refractivity contribution in [1.29, 1.82) is 0 Å². The third-order valence-corrected chi connectivity index (χ3v) is 7.91. The van der Waals surface area contributed by atoms with Crippen LogP contribution in [0.4, 0.5) is 4.79 Å². The van der Waals surface area contributed by atoms with E-state index in [0.717, 1.165) is 36.0 Å². The first-order valence-electron chi connectivity index (χ1n) is 13.6. The van der Waals surface area contributed by atoms with Crippen molar-refractivity contribution >= 4 is 18.0 Å². The van der Waals surface area contributed by atoms with Gasteiger partial charge in [-0.1, -0.05) is 85.3 Å². The van der Waals surface area contributed by atoms with E-state index in [4.69, 9.17) is 4.74 Å². The maximum Gasteiger partial charge on any atom is 0.407 e. The molecule has 0 aromatic heterocycles. The molecular weight excluding hydrogens is 492 g/mol. The van der Waals surface area contributed by atoms with Gasteiger partial charge in [-0.05, 0) is 46.6 Å². The van der Waals surface area contributed by atoms with Crippen LogP contribution < -0.4 is 5.32 Å². The van der Waals surface area contributed by atoms with Gasteiger partial charge < -0.3 is 20.1 Å². The van der Waals surface area contributed by atoms with Crippen molar-refractivity contribution in [2.75, 3.05) is 13.2 Å². The largest absolute Gasteiger partial charge is 0.481 e. The van der Waals surface area contributed by atoms with Gasteiger partial charge in [-0.3, -0.25) is 9.59 Å². The monoisotopic (exact) mass is 526 g/mol. The van der Waals surface area contributed by atoms with Crippen molar-refractivity contribution in [2.45, 2.75) is 50.6 Å². The Balaban J connectivity index is 1.18. The lowest BCUT2D eigenvalue weighted by atomic mass is 9.98. The number of hydrogen-bond donors (Lipinski definition) is 2. The maximum absolute atomic E-state index is 13.3. The number of fused-ring (bicyclic) bond motifs is 3. The van der Waals surface area contributed by atoms with E-state index < -0.39 is 12.1 Å². The topological polar surface area (TPSA) is 95.9 Å². The van der Waals surface area contributed by atoms with Gasteiger partial charge in [-0.25, -0.2) is 4.79 Å². The lowest BCUT2D eigenvalue weighted by Crippen LogP contribution is -2.41. The Morgan fingerprint density at radius 2 is 1.51 bits per heavy atom. The average Bonchev–Trinajstić information content (AvgIpc) is 3.51. The number of ether oxygens (including phenoxy) is 1. The summed E-state index contributed by atoms with van der Waals surface area (Å²) in [7, 11) is 0. The second kappa shape index (κ2) is 12.2. The maximum atomic E-state index is 13.3. The van der Waals surface area contributed by atoms with Gasteiger partial charge in [0.25, 0.3) is 0 Å². The Morgan fingerprint density at radius 1 is 0.872 bits per heavy atom. The standard InChI is InChI=1S/C32H34N2O5/c35-30(34(18-17-31(36)37)20-22-9-2-1-3-10-22)19-23-11-8-16-29(23)33-32(38)39-21-28-26-14-6-4-12-24(26)25-13-5-7-15-27(25)28/h1-7,9-10,12-15,23,28-29H,8,11,16-21H2,(H,33,38)(H,36,37). The summed E-state index contributed by atoms with van der Waals surface area (Å²) in [6, 6.07) is 25.9. The molecule has 5 rings (SSSR count). The predicted molar refractivity (Wildman–Crippen MR) is 148 cm³/mol. The minimum atomic E-state index is -0.934. The van der Waals surface area contributed by atoms with Crippen LogP contribution in [-0.2, 0) is 20.9 Å². The number of nitrogens with zero attached hydrogens (tertiary/aromatic N) is 1. The van der Waals surface area contributed by atoms with Gasteiger partial charge >= 0.3 is 12.1 Å². The van der Waals surface area contributed by atoms with Gasteiger partial charge in [0, 0.05) is 31.5 Å². The van der Waals surface area contributed by atoms with Crippen molar-refractivity contribution < 1.29 is 24.2 Å². The summed E-state index contributed by atoms with van der Waals surface area (Å²) < 4.78 is 5.74. The minimum Gasteiger partial charge on any atom is -0.481 e. The fourth-order valence-electron chi connectivity index (χ4n) is 5.94. The van der Waals surface area contributed by atoms with Crippen LogP contribution in [0, 0.1) is 5.92 Å². The Labute approximate surface area is 228 Å². The van der Waals surface area contributed by atoms with Crippen LogP contribution in [0.5, 0.6) is 0 Å². The highest BCUT2D eigenvalue weighted by Crippen LogP contribution is 2.44. The van der Waals surface area contributed by atoms with Gasteiger partial charge in [0.05, 0.1) is 6.42 Å². The smallest absolute Gasteiger partial charge is 0.407 e. The van der Waals surface area contributed by atoms with E-state index in [0.29, 0.717) is 6.54 Å². The van der Waals surface area contributed by atoms with Crippen LogP contribution in [0.25, 0.3) is 11.1 Å². The molecule has 0 radical (unpaired) electrons. The fraction of sp³-hybridized carbons (Fsp3) is 0.344. The number of rotatable bonds is 10. The lowest BCUT2D eigenvalue weighted by molar-refractivity contribution is -0.139. The molecule has 202 valence electrons. The second-order valence-electron chi connectivity index (χ2n) is 10.4. The van der Waals surface area contributed by atoms with E-state index in [-0.39, 0.29) is 49.8 Å². The number of aliphatic carboxylic acids is 1. The molecule has 1 fully saturated rings. The van der Waals surface area contributed by atoms with Crippen molar-refractivity contribution in [3.05, 3.63) is 95.6 Å². The summed E-state index contributed by atoms with van der Waals surface area (Å²) in [5.41, 5.74) is 5.64. The molecule has 2 amide bonds. The van der Waals surface area contributed by atoms with Crippen LogP contribution >= 0.6 is 0 Å². The summed E-state index contributed by atoms with van der Waals surface area (Å²) in [6.45, 7) is 0.765. The van der Waals surface area contributed by atoms with E-state index in [2.05, 4.69) is 29.6 Å². The molecule has 1 saturated carbocycles. The quantitative estimate of drug-likeness (QED) is 0.359. The van der Waals surface area contributed by atoms with Crippen molar-refractivity contribution in [3.63, 3.8) is 0 Å². The zero-order valence-corrected chi connectivity index (χ0v) is 21.9. The highest BCUT2D eigenvalue weighted by Gasteiger charge is 2.33. The molecule has 3 aromatic carbocycles. The number of carbonyl (C=O) groups excluding carboxylic acids is 2. The number of amides is 2. The molecule has 2 aliphatic carbocycles. The fourth-order valence-corrected chi connectivity index (χ4v) is 5.94. The summed E-state index contributed by atoms with van der Waals surface area (Å²) in [5, 5.41) is 12.2. The highest BCUT2D eigenvalue weighted by atomic mass is 16.5. The van der Waals surface area contributed by atoms with Gasteiger partial charge in [-0.15, -0.1) is 0 Å². The SMILES string of the molecule is O=C(O)CCN(Cc1ccccc1)C(=O)CC1CCCC1NC(=O)OCC1c2ccccc2-c2ccccc21. The van der Waals surface area contributed by atoms with E-state index >= 15 is 0 Å². The van der Waals surface area contributed by atoms with Crippen LogP contribution in [0.15, 0.2) is 78.9 Å². The van der Waals surface area contributed by atoms with Crippen molar-refractivity contribution in [3.8, 4) is 11.1 Å². The van der Waals surface area contributed by atoms with Crippen LogP contribution in [-0.4, -0.2) is 47.2 Å². The van der Waals surface area contributed by atoms with Crippen LogP contribution in [0.1, 0.15) is 54.7 Å². The Morgan fingerprint density at radius 3 is 2.18 bits per heavy atom. The molecule has 2 atom stereocenters. The first kappa shape index (κ1) is 26.5. The Bertz CT molecular complexity index is 1280. The molecule has 0 bridgehead atoms.